The fourth-order valence-electron chi connectivity index (χ4n) is 3.85. The van der Waals surface area contributed by atoms with Gasteiger partial charge in [-0.2, -0.15) is 5.10 Å². The van der Waals surface area contributed by atoms with Crippen molar-refractivity contribution in [1.82, 2.24) is 20.4 Å². The van der Waals surface area contributed by atoms with Gasteiger partial charge in [-0.1, -0.05) is 65.4 Å². The van der Waals surface area contributed by atoms with Crippen molar-refractivity contribution in [3.8, 4) is 0 Å². The second-order valence-corrected chi connectivity index (χ2v) is 10.3. The van der Waals surface area contributed by atoms with E-state index in [4.69, 9.17) is 11.6 Å². The van der Waals surface area contributed by atoms with Crippen molar-refractivity contribution in [1.29, 1.82) is 0 Å². The Labute approximate surface area is 224 Å². The third-order valence-electron chi connectivity index (χ3n) is 5.67. The second-order valence-electron chi connectivity index (χ2n) is 8.79. The number of halogens is 2. The summed E-state index contributed by atoms with van der Waals surface area (Å²) in [5, 5.41) is 24.1. The monoisotopic (exact) mass is 538 g/mol. The van der Waals surface area contributed by atoms with Gasteiger partial charge in [0.05, 0.1) is 17.1 Å². The van der Waals surface area contributed by atoms with Crippen LogP contribution in [0.1, 0.15) is 41.6 Å². The number of aromatic nitrogens is 4. The summed E-state index contributed by atoms with van der Waals surface area (Å²) in [5.74, 6) is -0.172. The van der Waals surface area contributed by atoms with E-state index in [1.165, 1.54) is 29.0 Å². The first-order valence-electron chi connectivity index (χ1n) is 12.1. The standard InChI is InChI=1S/C27H28ClFN6OS/c1-18(16-19-8-3-2-4-9-19)30-23-15-14-21(32-33-23)11-5-6-13-25-34-35-27(37-25)31-24(36)17-20-10-7-12-22(28)26(20)29/h2-4,7-10,12,14-15,18H,5-6,11,13,16-17H2,1H3,(H,30,33)(H,31,35,36). The lowest BCUT2D eigenvalue weighted by molar-refractivity contribution is -0.115. The number of carbonyl (C=O) groups is 1. The molecule has 0 aliphatic heterocycles. The number of rotatable bonds is 12. The molecule has 7 nitrogen and oxygen atoms in total. The van der Waals surface area contributed by atoms with Crippen molar-refractivity contribution in [2.24, 2.45) is 0 Å². The summed E-state index contributed by atoms with van der Waals surface area (Å²) in [4.78, 5) is 12.2. The molecule has 0 aliphatic rings. The maximum atomic E-state index is 14.0. The number of aryl methyl sites for hydroxylation is 2. The number of amides is 1. The van der Waals surface area contributed by atoms with Gasteiger partial charge in [-0.05, 0) is 61.9 Å². The zero-order valence-electron chi connectivity index (χ0n) is 20.5. The van der Waals surface area contributed by atoms with E-state index in [0.29, 0.717) is 5.13 Å². The number of hydrogen-bond donors (Lipinski definition) is 2. The van der Waals surface area contributed by atoms with Crippen LogP contribution >= 0.6 is 22.9 Å². The van der Waals surface area contributed by atoms with Gasteiger partial charge in [0.25, 0.3) is 0 Å². The lowest BCUT2D eigenvalue weighted by Crippen LogP contribution is -2.19. The molecule has 10 heteroatoms. The molecule has 1 amide bonds. The lowest BCUT2D eigenvalue weighted by atomic mass is 10.1. The van der Waals surface area contributed by atoms with Crippen LogP contribution in [0.15, 0.2) is 60.7 Å². The molecule has 0 fully saturated rings. The van der Waals surface area contributed by atoms with Crippen LogP contribution < -0.4 is 10.6 Å². The number of hydrogen-bond acceptors (Lipinski definition) is 7. The van der Waals surface area contributed by atoms with E-state index in [1.54, 1.807) is 6.07 Å². The molecule has 1 unspecified atom stereocenters. The number of carbonyl (C=O) groups excluding carboxylic acids is 1. The molecule has 1 atom stereocenters. The van der Waals surface area contributed by atoms with Gasteiger partial charge in [0.15, 0.2) is 0 Å². The van der Waals surface area contributed by atoms with E-state index in [2.05, 4.69) is 50.1 Å². The fraction of sp³-hybridized carbons (Fsp3) is 0.296. The molecule has 4 rings (SSSR count). The Hall–Kier alpha value is -3.43. The SMILES string of the molecule is CC(Cc1ccccc1)Nc1ccc(CCCCc2nnc(NC(=O)Cc3cccc(Cl)c3F)s2)nn1. The summed E-state index contributed by atoms with van der Waals surface area (Å²) in [6, 6.07) is 19.2. The maximum Gasteiger partial charge on any atom is 0.230 e. The Morgan fingerprint density at radius 2 is 1.78 bits per heavy atom. The zero-order chi connectivity index (χ0) is 26.0. The van der Waals surface area contributed by atoms with E-state index < -0.39 is 5.82 Å². The normalized spacial score (nSPS) is 11.8. The van der Waals surface area contributed by atoms with Crippen molar-refractivity contribution in [3.05, 3.63) is 93.3 Å². The number of benzene rings is 2. The molecule has 2 aromatic carbocycles. The Balaban J connectivity index is 1.16. The Morgan fingerprint density at radius 1 is 0.973 bits per heavy atom. The summed E-state index contributed by atoms with van der Waals surface area (Å²) < 4.78 is 14.0. The molecule has 0 bridgehead atoms. The Morgan fingerprint density at radius 3 is 2.57 bits per heavy atom. The van der Waals surface area contributed by atoms with Crippen LogP contribution in [0.4, 0.5) is 15.3 Å². The predicted molar refractivity (Wildman–Crippen MR) is 146 cm³/mol. The van der Waals surface area contributed by atoms with Crippen molar-refractivity contribution in [2.75, 3.05) is 10.6 Å². The summed E-state index contributed by atoms with van der Waals surface area (Å²) in [5.41, 5.74) is 2.47. The third kappa shape index (κ3) is 8.30. The van der Waals surface area contributed by atoms with Gasteiger partial charge >= 0.3 is 0 Å². The highest BCUT2D eigenvalue weighted by Crippen LogP contribution is 2.21. The number of nitrogens with zero attached hydrogens (tertiary/aromatic N) is 4. The van der Waals surface area contributed by atoms with E-state index >= 15 is 0 Å². The molecule has 4 aromatic rings. The lowest BCUT2D eigenvalue weighted by Gasteiger charge is -2.14. The molecular formula is C27H28ClFN6OS. The quantitative estimate of drug-likeness (QED) is 0.218. The third-order valence-corrected chi connectivity index (χ3v) is 6.86. The Bertz CT molecular complexity index is 1300. The first-order chi connectivity index (χ1) is 18.0. The highest BCUT2D eigenvalue weighted by molar-refractivity contribution is 7.15. The molecule has 0 radical (unpaired) electrons. The van der Waals surface area contributed by atoms with Gasteiger partial charge in [-0.25, -0.2) is 4.39 Å². The van der Waals surface area contributed by atoms with Crippen LogP contribution in [-0.2, 0) is 30.5 Å². The molecule has 37 heavy (non-hydrogen) atoms. The summed E-state index contributed by atoms with van der Waals surface area (Å²) in [6.45, 7) is 2.13. The minimum atomic E-state index is -0.578. The largest absolute Gasteiger partial charge is 0.366 e. The first-order valence-corrected chi connectivity index (χ1v) is 13.3. The van der Waals surface area contributed by atoms with E-state index in [-0.39, 0.29) is 29.0 Å². The van der Waals surface area contributed by atoms with E-state index in [0.717, 1.165) is 48.6 Å². The summed E-state index contributed by atoms with van der Waals surface area (Å²) in [6.07, 6.45) is 4.21. The average molecular weight is 539 g/mol. The van der Waals surface area contributed by atoms with Gasteiger partial charge in [0.2, 0.25) is 11.0 Å². The van der Waals surface area contributed by atoms with Crippen molar-refractivity contribution < 1.29 is 9.18 Å². The highest BCUT2D eigenvalue weighted by atomic mass is 35.5. The van der Waals surface area contributed by atoms with Crippen LogP contribution in [0.25, 0.3) is 0 Å². The van der Waals surface area contributed by atoms with Gasteiger partial charge in [-0.15, -0.1) is 15.3 Å². The number of nitrogens with one attached hydrogen (secondary N) is 2. The van der Waals surface area contributed by atoms with Crippen LogP contribution in [0.3, 0.4) is 0 Å². The van der Waals surface area contributed by atoms with E-state index in [1.807, 2.05) is 30.3 Å². The first kappa shape index (κ1) is 26.6. The zero-order valence-corrected chi connectivity index (χ0v) is 22.0. The van der Waals surface area contributed by atoms with Crippen molar-refractivity contribution in [2.45, 2.75) is 51.5 Å². The van der Waals surface area contributed by atoms with Gasteiger partial charge in [-0.3, -0.25) is 4.79 Å². The average Bonchev–Trinajstić information content (AvgIpc) is 3.33. The summed E-state index contributed by atoms with van der Waals surface area (Å²) in [7, 11) is 0. The van der Waals surface area contributed by atoms with Crippen molar-refractivity contribution in [3.63, 3.8) is 0 Å². The molecule has 2 aromatic heterocycles. The summed E-state index contributed by atoms with van der Waals surface area (Å²) >= 11 is 7.10. The highest BCUT2D eigenvalue weighted by Gasteiger charge is 2.13. The minimum absolute atomic E-state index is 0.00414. The fourth-order valence-corrected chi connectivity index (χ4v) is 4.84. The predicted octanol–water partition coefficient (Wildman–Crippen LogP) is 5.91. The van der Waals surface area contributed by atoms with Crippen LogP contribution in [0, 0.1) is 5.82 Å². The second kappa shape index (κ2) is 13.2. The molecular weight excluding hydrogens is 511 g/mol. The van der Waals surface area contributed by atoms with Gasteiger partial charge in [0, 0.05) is 12.5 Å². The molecule has 2 N–H and O–H groups in total. The van der Waals surface area contributed by atoms with Crippen LogP contribution in [0.2, 0.25) is 5.02 Å². The molecule has 0 spiro atoms. The molecule has 0 saturated carbocycles. The molecule has 0 aliphatic carbocycles. The topological polar surface area (TPSA) is 92.7 Å². The number of unbranched alkanes of at least 4 members (excludes halogenated alkanes) is 1. The van der Waals surface area contributed by atoms with Crippen LogP contribution in [-0.4, -0.2) is 32.3 Å². The number of anilines is 2. The van der Waals surface area contributed by atoms with Gasteiger partial charge in [0.1, 0.15) is 16.6 Å². The van der Waals surface area contributed by atoms with Gasteiger partial charge < -0.3 is 10.6 Å². The van der Waals surface area contributed by atoms with Crippen molar-refractivity contribution >= 4 is 39.8 Å². The molecule has 192 valence electrons. The maximum absolute atomic E-state index is 14.0. The van der Waals surface area contributed by atoms with E-state index in [9.17, 15) is 9.18 Å². The molecule has 2 heterocycles. The van der Waals surface area contributed by atoms with Crippen LogP contribution in [0.5, 0.6) is 0 Å². The molecule has 0 saturated heterocycles. The smallest absolute Gasteiger partial charge is 0.230 e. The Kier molecular flexibility index (Phi) is 9.51. The minimum Gasteiger partial charge on any atom is -0.366 e.